The lowest BCUT2D eigenvalue weighted by atomic mass is 9.90. The minimum absolute atomic E-state index is 0.193. The van der Waals surface area contributed by atoms with Gasteiger partial charge in [0.15, 0.2) is 0 Å². The number of aryl methyl sites for hydroxylation is 1. The Morgan fingerprint density at radius 1 is 1.35 bits per heavy atom. The molecule has 2 nitrogen and oxygen atoms in total. The smallest absolute Gasteiger partial charge is 0.0798 e. The summed E-state index contributed by atoms with van der Waals surface area (Å²) in [6.45, 7) is 5.08. The number of ether oxygens (including phenoxy) is 1. The van der Waals surface area contributed by atoms with Crippen molar-refractivity contribution in [1.82, 2.24) is 4.98 Å². The molecule has 1 aromatic rings. The fourth-order valence-electron chi connectivity index (χ4n) is 2.55. The van der Waals surface area contributed by atoms with Gasteiger partial charge in [-0.25, -0.2) is 0 Å². The van der Waals surface area contributed by atoms with Crippen LogP contribution < -0.4 is 0 Å². The van der Waals surface area contributed by atoms with Crippen LogP contribution >= 0.6 is 0 Å². The highest BCUT2D eigenvalue weighted by Gasteiger charge is 2.15. The minimum atomic E-state index is 0.193. The molecule has 1 heterocycles. The average Bonchev–Trinajstić information content (AvgIpc) is 2.37. The molecule has 17 heavy (non-hydrogen) atoms. The van der Waals surface area contributed by atoms with E-state index in [2.05, 4.69) is 24.0 Å². The van der Waals surface area contributed by atoms with Crippen LogP contribution in [0.3, 0.4) is 0 Å². The van der Waals surface area contributed by atoms with Crippen LogP contribution in [0.5, 0.6) is 0 Å². The number of nitrogens with zero attached hydrogens (tertiary/aromatic N) is 1. The fraction of sp³-hybridized carbons (Fsp3) is 0.667. The highest BCUT2D eigenvalue weighted by Crippen LogP contribution is 2.26. The Bertz CT molecular complexity index is 345. The van der Waals surface area contributed by atoms with E-state index >= 15 is 0 Å². The van der Waals surface area contributed by atoms with Gasteiger partial charge >= 0.3 is 0 Å². The molecule has 0 aromatic carbocycles. The second-order valence-electron chi connectivity index (χ2n) is 5.21. The quantitative estimate of drug-likeness (QED) is 0.782. The summed E-state index contributed by atoms with van der Waals surface area (Å²) in [7, 11) is 0. The molecule has 0 bridgehead atoms. The SMILES string of the molecule is Cc1cc(C(C)OCC2CCCCC2)ccn1. The molecule has 1 fully saturated rings. The molecule has 1 saturated carbocycles. The Kier molecular flexibility index (Phi) is 4.55. The topological polar surface area (TPSA) is 22.1 Å². The van der Waals surface area contributed by atoms with Gasteiger partial charge < -0.3 is 4.74 Å². The maximum absolute atomic E-state index is 5.99. The summed E-state index contributed by atoms with van der Waals surface area (Å²) >= 11 is 0. The summed E-state index contributed by atoms with van der Waals surface area (Å²) in [5.74, 6) is 0.786. The summed E-state index contributed by atoms with van der Waals surface area (Å²) in [6, 6.07) is 4.17. The zero-order valence-corrected chi connectivity index (χ0v) is 11.0. The molecule has 2 rings (SSSR count). The van der Waals surface area contributed by atoms with E-state index in [9.17, 15) is 0 Å². The Hall–Kier alpha value is -0.890. The van der Waals surface area contributed by atoms with E-state index in [0.717, 1.165) is 18.2 Å². The molecule has 94 valence electrons. The van der Waals surface area contributed by atoms with Gasteiger partial charge in [0.1, 0.15) is 0 Å². The highest BCUT2D eigenvalue weighted by molar-refractivity contribution is 5.17. The number of hydrogen-bond acceptors (Lipinski definition) is 2. The standard InChI is InChI=1S/C15H23NO/c1-12-10-15(8-9-16-12)13(2)17-11-14-6-4-3-5-7-14/h8-10,13-14H,3-7,11H2,1-2H3. The Balaban J connectivity index is 1.82. The fourth-order valence-corrected chi connectivity index (χ4v) is 2.55. The van der Waals surface area contributed by atoms with Crippen molar-refractivity contribution in [2.24, 2.45) is 5.92 Å². The maximum atomic E-state index is 5.99. The molecule has 0 N–H and O–H groups in total. The van der Waals surface area contributed by atoms with Crippen molar-refractivity contribution in [3.8, 4) is 0 Å². The van der Waals surface area contributed by atoms with Gasteiger partial charge in [-0.05, 0) is 50.3 Å². The lowest BCUT2D eigenvalue weighted by molar-refractivity contribution is 0.0301. The van der Waals surface area contributed by atoms with Crippen molar-refractivity contribution in [2.45, 2.75) is 52.1 Å². The zero-order chi connectivity index (χ0) is 12.1. The van der Waals surface area contributed by atoms with Crippen molar-refractivity contribution < 1.29 is 4.74 Å². The molecular weight excluding hydrogens is 210 g/mol. The second kappa shape index (κ2) is 6.15. The normalized spacial score (nSPS) is 19.2. The van der Waals surface area contributed by atoms with E-state index in [1.54, 1.807) is 0 Å². The van der Waals surface area contributed by atoms with Gasteiger partial charge in [0, 0.05) is 11.9 Å². The van der Waals surface area contributed by atoms with Crippen molar-refractivity contribution >= 4 is 0 Å². The first kappa shape index (κ1) is 12.6. The van der Waals surface area contributed by atoms with Crippen LogP contribution in [0, 0.1) is 12.8 Å². The predicted molar refractivity (Wildman–Crippen MR) is 69.9 cm³/mol. The maximum Gasteiger partial charge on any atom is 0.0798 e. The summed E-state index contributed by atoms with van der Waals surface area (Å²) in [4.78, 5) is 4.22. The summed E-state index contributed by atoms with van der Waals surface area (Å²) in [5, 5.41) is 0. The first-order valence-corrected chi connectivity index (χ1v) is 6.80. The predicted octanol–water partition coefficient (Wildman–Crippen LogP) is 4.05. The van der Waals surface area contributed by atoms with Gasteiger partial charge in [0.05, 0.1) is 12.7 Å². The van der Waals surface area contributed by atoms with Gasteiger partial charge in [0.25, 0.3) is 0 Å². The first-order valence-electron chi connectivity index (χ1n) is 6.80. The number of pyridine rings is 1. The van der Waals surface area contributed by atoms with Gasteiger partial charge in [-0.1, -0.05) is 19.3 Å². The summed E-state index contributed by atoms with van der Waals surface area (Å²) in [5.41, 5.74) is 2.31. The van der Waals surface area contributed by atoms with Crippen LogP contribution in [0.15, 0.2) is 18.3 Å². The molecule has 1 aliphatic carbocycles. The van der Waals surface area contributed by atoms with Crippen LogP contribution in [-0.4, -0.2) is 11.6 Å². The molecule has 0 radical (unpaired) electrons. The van der Waals surface area contributed by atoms with Gasteiger partial charge in [0.2, 0.25) is 0 Å². The molecule has 1 atom stereocenters. The van der Waals surface area contributed by atoms with Crippen LogP contribution in [0.2, 0.25) is 0 Å². The first-order chi connectivity index (χ1) is 8.25. The summed E-state index contributed by atoms with van der Waals surface area (Å²) < 4.78 is 5.99. The number of rotatable bonds is 4. The van der Waals surface area contributed by atoms with E-state index in [1.807, 2.05) is 13.1 Å². The Morgan fingerprint density at radius 2 is 2.12 bits per heavy atom. The number of hydrogen-bond donors (Lipinski definition) is 0. The van der Waals surface area contributed by atoms with Gasteiger partial charge in [-0.2, -0.15) is 0 Å². The van der Waals surface area contributed by atoms with E-state index in [0.29, 0.717) is 0 Å². The van der Waals surface area contributed by atoms with Crippen LogP contribution in [-0.2, 0) is 4.74 Å². The third-order valence-electron chi connectivity index (χ3n) is 3.70. The second-order valence-corrected chi connectivity index (χ2v) is 5.21. The molecule has 1 aromatic heterocycles. The van der Waals surface area contributed by atoms with Crippen LogP contribution in [0.4, 0.5) is 0 Å². The summed E-state index contributed by atoms with van der Waals surface area (Å²) in [6.07, 6.45) is 8.94. The van der Waals surface area contributed by atoms with E-state index in [1.165, 1.54) is 37.7 Å². The Morgan fingerprint density at radius 3 is 2.82 bits per heavy atom. The molecule has 1 unspecified atom stereocenters. The zero-order valence-electron chi connectivity index (χ0n) is 11.0. The molecule has 0 spiro atoms. The van der Waals surface area contributed by atoms with Crippen molar-refractivity contribution in [2.75, 3.05) is 6.61 Å². The van der Waals surface area contributed by atoms with Crippen molar-refractivity contribution in [3.05, 3.63) is 29.6 Å². The van der Waals surface area contributed by atoms with Crippen molar-refractivity contribution in [3.63, 3.8) is 0 Å². The van der Waals surface area contributed by atoms with E-state index in [4.69, 9.17) is 4.74 Å². The lowest BCUT2D eigenvalue weighted by Crippen LogP contribution is -2.15. The number of aromatic nitrogens is 1. The molecule has 0 aliphatic heterocycles. The Labute approximate surface area is 104 Å². The third-order valence-corrected chi connectivity index (χ3v) is 3.70. The lowest BCUT2D eigenvalue weighted by Gasteiger charge is -2.23. The van der Waals surface area contributed by atoms with Crippen LogP contribution in [0.25, 0.3) is 0 Å². The highest BCUT2D eigenvalue weighted by atomic mass is 16.5. The monoisotopic (exact) mass is 233 g/mol. The molecular formula is C15H23NO. The van der Waals surface area contributed by atoms with E-state index in [-0.39, 0.29) is 6.10 Å². The largest absolute Gasteiger partial charge is 0.374 e. The van der Waals surface area contributed by atoms with Crippen LogP contribution in [0.1, 0.15) is 56.4 Å². The molecule has 0 saturated heterocycles. The molecule has 0 amide bonds. The van der Waals surface area contributed by atoms with Gasteiger partial charge in [-0.3, -0.25) is 4.98 Å². The molecule has 1 aliphatic rings. The molecule has 2 heteroatoms. The minimum Gasteiger partial charge on any atom is -0.374 e. The third kappa shape index (κ3) is 3.81. The van der Waals surface area contributed by atoms with E-state index < -0.39 is 0 Å². The average molecular weight is 233 g/mol. The van der Waals surface area contributed by atoms with Gasteiger partial charge in [-0.15, -0.1) is 0 Å². The van der Waals surface area contributed by atoms with Crippen molar-refractivity contribution in [1.29, 1.82) is 0 Å².